The van der Waals surface area contributed by atoms with Crippen LogP contribution in [-0.4, -0.2) is 35.8 Å². The standard InChI is InChI=1S/C16H16FN3O3S/c1-23-15-5-2-10(17)6-16(15)24(21,22)20-11-3-4-14(20)12-8-18-9-19-13(12)7-11/h2,5-6,8-9,11,14H,3-4,7H2,1H3. The maximum atomic E-state index is 13.7. The largest absolute Gasteiger partial charge is 0.495 e. The van der Waals surface area contributed by atoms with Crippen LogP contribution in [0.4, 0.5) is 4.39 Å². The summed E-state index contributed by atoms with van der Waals surface area (Å²) in [6, 6.07) is 3.06. The zero-order valence-electron chi connectivity index (χ0n) is 13.0. The summed E-state index contributed by atoms with van der Waals surface area (Å²) in [6.45, 7) is 0. The van der Waals surface area contributed by atoms with Crippen molar-refractivity contribution in [1.82, 2.24) is 14.3 Å². The van der Waals surface area contributed by atoms with E-state index in [9.17, 15) is 12.8 Å². The van der Waals surface area contributed by atoms with E-state index in [4.69, 9.17) is 4.74 Å². The number of rotatable bonds is 3. The van der Waals surface area contributed by atoms with Gasteiger partial charge in [0, 0.05) is 24.2 Å². The Morgan fingerprint density at radius 1 is 1.33 bits per heavy atom. The van der Waals surface area contributed by atoms with E-state index in [1.165, 1.54) is 29.9 Å². The van der Waals surface area contributed by atoms with Gasteiger partial charge in [0.15, 0.2) is 0 Å². The molecule has 0 radical (unpaired) electrons. The molecule has 1 fully saturated rings. The first-order valence-electron chi connectivity index (χ1n) is 7.68. The van der Waals surface area contributed by atoms with Crippen LogP contribution < -0.4 is 4.74 Å². The average molecular weight is 349 g/mol. The molecule has 1 aromatic heterocycles. The Kier molecular flexibility index (Phi) is 3.54. The topological polar surface area (TPSA) is 72.4 Å². The normalized spacial score (nSPS) is 23.1. The first-order valence-corrected chi connectivity index (χ1v) is 9.12. The van der Waals surface area contributed by atoms with E-state index in [2.05, 4.69) is 9.97 Å². The van der Waals surface area contributed by atoms with Gasteiger partial charge >= 0.3 is 0 Å². The van der Waals surface area contributed by atoms with E-state index in [-0.39, 0.29) is 22.7 Å². The summed E-state index contributed by atoms with van der Waals surface area (Å²) < 4.78 is 46.8. The number of ether oxygens (including phenoxy) is 1. The Hall–Kier alpha value is -2.06. The predicted molar refractivity (Wildman–Crippen MR) is 83.5 cm³/mol. The number of methoxy groups -OCH3 is 1. The van der Waals surface area contributed by atoms with Crippen molar-refractivity contribution in [2.45, 2.75) is 36.2 Å². The van der Waals surface area contributed by atoms with Gasteiger partial charge in [-0.15, -0.1) is 0 Å². The number of aromatic nitrogens is 2. The summed E-state index contributed by atoms with van der Waals surface area (Å²) in [7, 11) is -2.52. The molecule has 3 heterocycles. The van der Waals surface area contributed by atoms with Crippen LogP contribution >= 0.6 is 0 Å². The highest BCUT2D eigenvalue weighted by atomic mass is 32.2. The smallest absolute Gasteiger partial charge is 0.247 e. The van der Waals surface area contributed by atoms with E-state index in [0.29, 0.717) is 12.8 Å². The van der Waals surface area contributed by atoms with Crippen molar-refractivity contribution in [3.05, 3.63) is 47.8 Å². The van der Waals surface area contributed by atoms with E-state index in [1.807, 2.05) is 0 Å². The van der Waals surface area contributed by atoms with E-state index in [1.54, 1.807) is 6.20 Å². The lowest BCUT2D eigenvalue weighted by Crippen LogP contribution is -2.42. The molecule has 2 aromatic rings. The molecule has 0 aliphatic carbocycles. The quantitative estimate of drug-likeness (QED) is 0.848. The predicted octanol–water partition coefficient (Wildman–Crippen LogP) is 2.07. The molecule has 1 aromatic carbocycles. The molecule has 2 atom stereocenters. The summed E-state index contributed by atoms with van der Waals surface area (Å²) in [5.74, 6) is -0.464. The number of fused-ring (bicyclic) bond motifs is 4. The Balaban J connectivity index is 1.84. The zero-order valence-corrected chi connectivity index (χ0v) is 13.8. The Morgan fingerprint density at radius 2 is 2.17 bits per heavy atom. The van der Waals surface area contributed by atoms with Crippen LogP contribution in [0, 0.1) is 5.82 Å². The van der Waals surface area contributed by atoms with Gasteiger partial charge in [-0.3, -0.25) is 0 Å². The number of hydrogen-bond donors (Lipinski definition) is 0. The van der Waals surface area contributed by atoms with Crippen LogP contribution in [-0.2, 0) is 16.4 Å². The highest BCUT2D eigenvalue weighted by Gasteiger charge is 2.48. The number of hydrogen-bond acceptors (Lipinski definition) is 5. The monoisotopic (exact) mass is 349 g/mol. The van der Waals surface area contributed by atoms with Crippen LogP contribution in [0.15, 0.2) is 35.6 Å². The average Bonchev–Trinajstić information content (AvgIpc) is 2.91. The highest BCUT2D eigenvalue weighted by Crippen LogP contribution is 2.46. The minimum atomic E-state index is -3.89. The van der Waals surface area contributed by atoms with Gasteiger partial charge in [0.25, 0.3) is 0 Å². The SMILES string of the molecule is COc1ccc(F)cc1S(=O)(=O)N1C2CCC1c1cncnc1C2. The molecule has 8 heteroatoms. The lowest BCUT2D eigenvalue weighted by Gasteiger charge is -2.34. The molecule has 2 unspecified atom stereocenters. The summed E-state index contributed by atoms with van der Waals surface area (Å²) >= 11 is 0. The maximum Gasteiger partial charge on any atom is 0.247 e. The second-order valence-corrected chi connectivity index (χ2v) is 7.82. The summed E-state index contributed by atoms with van der Waals surface area (Å²) in [4.78, 5) is 8.18. The van der Waals surface area contributed by atoms with Crippen LogP contribution in [0.2, 0.25) is 0 Å². The van der Waals surface area contributed by atoms with Gasteiger partial charge in [-0.2, -0.15) is 4.31 Å². The van der Waals surface area contributed by atoms with Gasteiger partial charge in [-0.1, -0.05) is 0 Å². The number of sulfonamides is 1. The van der Waals surface area contributed by atoms with Crippen molar-refractivity contribution >= 4 is 10.0 Å². The van der Waals surface area contributed by atoms with Gasteiger partial charge in [-0.05, 0) is 31.0 Å². The summed E-state index contributed by atoms with van der Waals surface area (Å²) in [5.41, 5.74) is 1.74. The lowest BCUT2D eigenvalue weighted by atomic mass is 10.0. The second kappa shape index (κ2) is 5.49. The molecule has 6 nitrogen and oxygen atoms in total. The van der Waals surface area contributed by atoms with Crippen LogP contribution in [0.1, 0.15) is 30.1 Å². The molecule has 126 valence electrons. The minimum Gasteiger partial charge on any atom is -0.495 e. The molecule has 4 rings (SSSR count). The fraction of sp³-hybridized carbons (Fsp3) is 0.375. The van der Waals surface area contributed by atoms with Gasteiger partial charge in [0.1, 0.15) is 22.8 Å². The molecule has 2 bridgehead atoms. The molecule has 0 spiro atoms. The van der Waals surface area contributed by atoms with E-state index < -0.39 is 15.8 Å². The molecule has 1 saturated heterocycles. The number of halogens is 1. The van der Waals surface area contributed by atoms with Crippen molar-refractivity contribution in [3.8, 4) is 5.75 Å². The molecule has 24 heavy (non-hydrogen) atoms. The van der Waals surface area contributed by atoms with E-state index in [0.717, 1.165) is 23.7 Å². The molecular formula is C16H16FN3O3S. The van der Waals surface area contributed by atoms with Gasteiger partial charge in [0.2, 0.25) is 10.0 Å². The Bertz CT molecular complexity index is 903. The zero-order chi connectivity index (χ0) is 16.9. The first-order chi connectivity index (χ1) is 11.5. The molecular weight excluding hydrogens is 333 g/mol. The van der Waals surface area contributed by atoms with Gasteiger partial charge < -0.3 is 4.74 Å². The minimum absolute atomic E-state index is 0.137. The highest BCUT2D eigenvalue weighted by molar-refractivity contribution is 7.89. The number of benzene rings is 1. The molecule has 0 N–H and O–H groups in total. The third-order valence-corrected chi connectivity index (χ3v) is 6.72. The van der Waals surface area contributed by atoms with Crippen molar-refractivity contribution in [3.63, 3.8) is 0 Å². The van der Waals surface area contributed by atoms with Crippen molar-refractivity contribution in [2.75, 3.05) is 7.11 Å². The first kappa shape index (κ1) is 15.5. The number of nitrogens with zero attached hydrogens (tertiary/aromatic N) is 3. The molecule has 2 aliphatic rings. The molecule has 2 aliphatic heterocycles. The summed E-state index contributed by atoms with van der Waals surface area (Å²) in [5, 5.41) is 0. The van der Waals surface area contributed by atoms with Crippen molar-refractivity contribution in [1.29, 1.82) is 0 Å². The van der Waals surface area contributed by atoms with Crippen LogP contribution in [0.25, 0.3) is 0 Å². The maximum absolute atomic E-state index is 13.7. The Morgan fingerprint density at radius 3 is 2.96 bits per heavy atom. The van der Waals surface area contributed by atoms with Crippen LogP contribution in [0.3, 0.4) is 0 Å². The molecule has 0 amide bonds. The third kappa shape index (κ3) is 2.21. The summed E-state index contributed by atoms with van der Waals surface area (Å²) in [6.07, 6.45) is 5.17. The third-order valence-electron chi connectivity index (χ3n) is 4.74. The van der Waals surface area contributed by atoms with Crippen molar-refractivity contribution < 1.29 is 17.5 Å². The lowest BCUT2D eigenvalue weighted by molar-refractivity contribution is 0.298. The van der Waals surface area contributed by atoms with Crippen molar-refractivity contribution in [2.24, 2.45) is 0 Å². The van der Waals surface area contributed by atoms with Crippen LogP contribution in [0.5, 0.6) is 5.75 Å². The molecule has 0 saturated carbocycles. The Labute approximate surface area is 139 Å². The van der Waals surface area contributed by atoms with Gasteiger partial charge in [-0.25, -0.2) is 22.8 Å². The van der Waals surface area contributed by atoms with Gasteiger partial charge in [0.05, 0.1) is 18.8 Å². The van der Waals surface area contributed by atoms with E-state index >= 15 is 0 Å². The fourth-order valence-electron chi connectivity index (χ4n) is 3.71. The fourth-order valence-corrected chi connectivity index (χ4v) is 5.73. The second-order valence-electron chi connectivity index (χ2n) is 6.01.